The molecule has 2 rings (SSSR count). The highest BCUT2D eigenvalue weighted by Gasteiger charge is 2.20. The molecule has 0 amide bonds. The number of anilines is 1. The molecule has 1 aliphatic heterocycles. The maximum Gasteiger partial charge on any atom is 0.143 e. The molecule has 1 fully saturated rings. The third-order valence-electron chi connectivity index (χ3n) is 2.49. The molecule has 1 aliphatic rings. The van der Waals surface area contributed by atoms with E-state index >= 15 is 0 Å². The van der Waals surface area contributed by atoms with Crippen molar-refractivity contribution >= 4 is 5.82 Å². The Hall–Kier alpha value is -1.13. The highest BCUT2D eigenvalue weighted by atomic mass is 16.5. The number of aromatic nitrogens is 1. The van der Waals surface area contributed by atoms with E-state index in [1.54, 1.807) is 6.20 Å². The van der Waals surface area contributed by atoms with Crippen molar-refractivity contribution in [3.8, 4) is 0 Å². The Balaban J connectivity index is 2.09. The van der Waals surface area contributed by atoms with E-state index in [2.05, 4.69) is 28.2 Å². The van der Waals surface area contributed by atoms with Gasteiger partial charge in [-0.15, -0.1) is 0 Å². The summed E-state index contributed by atoms with van der Waals surface area (Å²) in [6.07, 6.45) is 1.78. The van der Waals surface area contributed by atoms with Crippen molar-refractivity contribution in [2.75, 3.05) is 31.1 Å². The Kier molecular flexibility index (Phi) is 3.53. The van der Waals surface area contributed by atoms with E-state index in [-0.39, 0.29) is 6.23 Å². The number of morpholine rings is 1. The molecule has 4 heteroatoms. The van der Waals surface area contributed by atoms with E-state index in [0.29, 0.717) is 0 Å². The van der Waals surface area contributed by atoms with Crippen LogP contribution in [0.1, 0.15) is 6.92 Å². The van der Waals surface area contributed by atoms with Crippen LogP contribution in [0.4, 0.5) is 5.82 Å². The molecule has 0 aromatic carbocycles. The lowest BCUT2D eigenvalue weighted by atomic mass is 10.3. The van der Waals surface area contributed by atoms with Gasteiger partial charge in [-0.2, -0.15) is 0 Å². The molecule has 1 unspecified atom stereocenters. The zero-order valence-electron chi connectivity index (χ0n) is 8.94. The van der Waals surface area contributed by atoms with Crippen LogP contribution in [0, 0.1) is 6.07 Å². The summed E-state index contributed by atoms with van der Waals surface area (Å²) in [5.74, 6) is 0.949. The lowest BCUT2D eigenvalue weighted by Gasteiger charge is -2.34. The number of ether oxygens (including phenoxy) is 1. The van der Waals surface area contributed by atoms with Crippen molar-refractivity contribution in [3.63, 3.8) is 0 Å². The monoisotopic (exact) mass is 206 g/mol. The first-order valence-corrected chi connectivity index (χ1v) is 5.33. The van der Waals surface area contributed by atoms with Crippen LogP contribution in [0.15, 0.2) is 18.3 Å². The van der Waals surface area contributed by atoms with Crippen molar-refractivity contribution in [1.29, 1.82) is 0 Å². The van der Waals surface area contributed by atoms with Crippen LogP contribution in [0.2, 0.25) is 0 Å². The Labute approximate surface area is 90.3 Å². The molecule has 0 aliphatic carbocycles. The predicted octanol–water partition coefficient (Wildman–Crippen LogP) is 0.654. The number of nitrogens with zero attached hydrogens (tertiary/aromatic N) is 2. The number of hydrogen-bond donors (Lipinski definition) is 1. The summed E-state index contributed by atoms with van der Waals surface area (Å²) < 4.78 is 5.70. The molecular formula is C11H16N3O. The normalized spacial score (nSPS) is 21.3. The van der Waals surface area contributed by atoms with Gasteiger partial charge < -0.3 is 15.0 Å². The van der Waals surface area contributed by atoms with Crippen molar-refractivity contribution in [2.45, 2.75) is 13.2 Å². The van der Waals surface area contributed by atoms with Crippen LogP contribution in [0.3, 0.4) is 0 Å². The molecule has 4 nitrogen and oxygen atoms in total. The second kappa shape index (κ2) is 5.09. The Morgan fingerprint density at radius 3 is 3.27 bits per heavy atom. The number of rotatable bonds is 3. The molecule has 2 heterocycles. The zero-order chi connectivity index (χ0) is 10.5. The minimum absolute atomic E-state index is 0.0960. The SMILES string of the molecule is CCN(c1cc[c]cn1)C1CNCCO1. The van der Waals surface area contributed by atoms with Crippen molar-refractivity contribution in [3.05, 3.63) is 24.4 Å². The lowest BCUT2D eigenvalue weighted by Crippen LogP contribution is -2.49. The van der Waals surface area contributed by atoms with Crippen LogP contribution in [0.25, 0.3) is 0 Å². The molecule has 0 spiro atoms. The summed E-state index contributed by atoms with van der Waals surface area (Å²) in [4.78, 5) is 6.44. The maximum absolute atomic E-state index is 5.70. The first-order chi connectivity index (χ1) is 7.42. The van der Waals surface area contributed by atoms with Gasteiger partial charge >= 0.3 is 0 Å². The first kappa shape index (κ1) is 10.4. The molecule has 0 bridgehead atoms. The number of nitrogens with one attached hydrogen (secondary N) is 1. The van der Waals surface area contributed by atoms with Crippen LogP contribution < -0.4 is 10.2 Å². The molecule has 1 atom stereocenters. The summed E-state index contributed by atoms with van der Waals surface area (Å²) in [5.41, 5.74) is 0. The van der Waals surface area contributed by atoms with Crippen molar-refractivity contribution < 1.29 is 4.74 Å². The summed E-state index contributed by atoms with van der Waals surface area (Å²) >= 11 is 0. The van der Waals surface area contributed by atoms with Gasteiger partial charge in [0, 0.05) is 31.9 Å². The average Bonchev–Trinajstić information content (AvgIpc) is 2.33. The summed E-state index contributed by atoms with van der Waals surface area (Å²) in [5, 5.41) is 3.32. The summed E-state index contributed by atoms with van der Waals surface area (Å²) in [6, 6.07) is 6.76. The van der Waals surface area contributed by atoms with E-state index in [9.17, 15) is 0 Å². The predicted molar refractivity (Wildman–Crippen MR) is 58.7 cm³/mol. The van der Waals surface area contributed by atoms with Gasteiger partial charge in [0.25, 0.3) is 0 Å². The van der Waals surface area contributed by atoms with Gasteiger partial charge in [-0.3, -0.25) is 0 Å². The maximum atomic E-state index is 5.70. The molecule has 0 saturated carbocycles. The highest BCUT2D eigenvalue weighted by Crippen LogP contribution is 2.14. The molecule has 81 valence electrons. The summed E-state index contributed by atoms with van der Waals surface area (Å²) in [7, 11) is 0. The van der Waals surface area contributed by atoms with Gasteiger partial charge in [0.2, 0.25) is 0 Å². The second-order valence-corrected chi connectivity index (χ2v) is 3.43. The van der Waals surface area contributed by atoms with Crippen molar-refractivity contribution in [2.24, 2.45) is 0 Å². The van der Waals surface area contributed by atoms with Crippen LogP contribution in [-0.2, 0) is 4.74 Å². The third-order valence-corrected chi connectivity index (χ3v) is 2.49. The fourth-order valence-corrected chi connectivity index (χ4v) is 1.75. The zero-order valence-corrected chi connectivity index (χ0v) is 8.94. The Morgan fingerprint density at radius 1 is 1.73 bits per heavy atom. The second-order valence-electron chi connectivity index (χ2n) is 3.43. The lowest BCUT2D eigenvalue weighted by molar-refractivity contribution is 0.0268. The van der Waals surface area contributed by atoms with Gasteiger partial charge in [-0.25, -0.2) is 4.98 Å². The van der Waals surface area contributed by atoms with Gasteiger partial charge in [-0.1, -0.05) is 0 Å². The topological polar surface area (TPSA) is 37.4 Å². The standard InChI is InChI=1S/C11H16N3O/c1-2-14(10-5-3-4-6-13-10)11-9-12-7-8-15-11/h3,5-6,11-12H,2,7-9H2,1H3. The van der Waals surface area contributed by atoms with E-state index in [4.69, 9.17) is 4.74 Å². The van der Waals surface area contributed by atoms with E-state index in [1.807, 2.05) is 12.1 Å². The van der Waals surface area contributed by atoms with Gasteiger partial charge in [0.15, 0.2) is 0 Å². The fourth-order valence-electron chi connectivity index (χ4n) is 1.75. The molecular weight excluding hydrogens is 190 g/mol. The smallest absolute Gasteiger partial charge is 0.143 e. The third kappa shape index (κ3) is 2.46. The summed E-state index contributed by atoms with van der Waals surface area (Å²) in [6.45, 7) is 5.55. The number of hydrogen-bond acceptors (Lipinski definition) is 4. The molecule has 15 heavy (non-hydrogen) atoms. The molecule has 1 aromatic heterocycles. The van der Waals surface area contributed by atoms with Crippen molar-refractivity contribution in [1.82, 2.24) is 10.3 Å². The minimum atomic E-state index is 0.0960. The molecule has 1 saturated heterocycles. The minimum Gasteiger partial charge on any atom is -0.356 e. The van der Waals surface area contributed by atoms with E-state index in [0.717, 1.165) is 32.1 Å². The van der Waals surface area contributed by atoms with Gasteiger partial charge in [0.1, 0.15) is 12.0 Å². The molecule has 1 radical (unpaired) electrons. The van der Waals surface area contributed by atoms with Crippen LogP contribution >= 0.6 is 0 Å². The van der Waals surface area contributed by atoms with Crippen LogP contribution in [0.5, 0.6) is 0 Å². The average molecular weight is 206 g/mol. The number of pyridine rings is 1. The molecule has 1 N–H and O–H groups in total. The largest absolute Gasteiger partial charge is 0.356 e. The highest BCUT2D eigenvalue weighted by molar-refractivity contribution is 5.38. The number of likely N-dealkylation sites (N-methyl/N-ethyl adjacent to an activating group) is 1. The van der Waals surface area contributed by atoms with Crippen LogP contribution in [-0.4, -0.2) is 37.5 Å². The van der Waals surface area contributed by atoms with Gasteiger partial charge in [0.05, 0.1) is 6.61 Å². The Bertz CT molecular complexity index is 285. The fraction of sp³-hybridized carbons (Fsp3) is 0.545. The quantitative estimate of drug-likeness (QED) is 0.788. The van der Waals surface area contributed by atoms with Gasteiger partial charge in [-0.05, 0) is 19.1 Å². The first-order valence-electron chi connectivity index (χ1n) is 5.33. The van der Waals surface area contributed by atoms with E-state index in [1.165, 1.54) is 0 Å². The van der Waals surface area contributed by atoms with E-state index < -0.39 is 0 Å². The molecule has 1 aromatic rings. The Morgan fingerprint density at radius 2 is 2.67 bits per heavy atom.